The second kappa shape index (κ2) is 26.4. The molecule has 412 valence electrons. The lowest BCUT2D eigenvalue weighted by molar-refractivity contribution is -0.661. The van der Waals surface area contributed by atoms with Gasteiger partial charge in [0.1, 0.15) is 28.2 Å². The molecule has 78 heavy (non-hydrogen) atoms. The van der Waals surface area contributed by atoms with Gasteiger partial charge in [0.2, 0.25) is 22.8 Å². The highest BCUT2D eigenvalue weighted by molar-refractivity contribution is 5.64. The molecular formula is C74H100N4+4. The molecule has 0 bridgehead atoms. The highest BCUT2D eigenvalue weighted by atomic mass is 14.9. The third kappa shape index (κ3) is 17.2. The monoisotopic (exact) mass is 1050 g/mol. The molecular weight excluding hydrogens is 945 g/mol. The fourth-order valence-electron chi connectivity index (χ4n) is 10.1. The van der Waals surface area contributed by atoms with Crippen molar-refractivity contribution in [3.8, 4) is 45.0 Å². The number of hydrogen-bond donors (Lipinski definition) is 0. The van der Waals surface area contributed by atoms with Gasteiger partial charge in [0.15, 0.2) is 24.8 Å². The van der Waals surface area contributed by atoms with Crippen molar-refractivity contribution in [3.05, 3.63) is 214 Å². The topological polar surface area (TPSA) is 15.5 Å². The van der Waals surface area contributed by atoms with E-state index in [1.165, 1.54) is 85.6 Å². The standard InChI is InChI=1S/3C19H26N.C17H22N/c2*1-14-7-9-17(15(2)11-14)18-10-8-16(13-20(18)6)12-19(3,4)5;1-6-19(4,7-2)16-12-13-18(20(5)14-16)17-11-9-8-10-15(17)3;1-13-8-6-7-9-15(13)16-11-10-14(12-18(16)5)17(2,3)4/h2*7-11,13H,12H2,1-6H3;8-14H,6-7H2,1-5H3;6-12H,1-5H3/q4*+1/i1D3,12D2;;;. The largest absolute Gasteiger partial charge is 0.212 e. The molecule has 0 aliphatic carbocycles. The van der Waals surface area contributed by atoms with Gasteiger partial charge in [0, 0.05) is 75.6 Å². The molecule has 4 nitrogen and oxygen atoms in total. The van der Waals surface area contributed by atoms with Crippen LogP contribution in [0.2, 0.25) is 0 Å². The van der Waals surface area contributed by atoms with Crippen LogP contribution < -0.4 is 18.3 Å². The Kier molecular flexibility index (Phi) is 18.6. The van der Waals surface area contributed by atoms with Crippen LogP contribution in [-0.4, -0.2) is 0 Å². The molecule has 0 unspecified atom stereocenters. The van der Waals surface area contributed by atoms with Crippen molar-refractivity contribution in [2.45, 2.75) is 161 Å². The Bertz CT molecular complexity index is 3490. The van der Waals surface area contributed by atoms with E-state index in [0.29, 0.717) is 16.5 Å². The average molecular weight is 1050 g/mol. The lowest BCUT2D eigenvalue weighted by atomic mass is 9.78. The van der Waals surface area contributed by atoms with E-state index >= 15 is 0 Å². The molecule has 0 saturated heterocycles. The van der Waals surface area contributed by atoms with Crippen LogP contribution in [0.5, 0.6) is 0 Å². The van der Waals surface area contributed by atoms with Crippen molar-refractivity contribution in [2.24, 2.45) is 39.0 Å². The summed E-state index contributed by atoms with van der Waals surface area (Å²) < 4.78 is 48.1. The highest BCUT2D eigenvalue weighted by Gasteiger charge is 2.26. The summed E-state index contributed by atoms with van der Waals surface area (Å²) in [5, 5.41) is 0. The van der Waals surface area contributed by atoms with E-state index in [0.717, 1.165) is 23.2 Å². The molecule has 0 fully saturated rings. The Morgan fingerprint density at radius 3 is 1.18 bits per heavy atom. The van der Waals surface area contributed by atoms with Crippen LogP contribution in [0, 0.1) is 52.3 Å². The molecule has 0 aliphatic heterocycles. The van der Waals surface area contributed by atoms with Gasteiger partial charge < -0.3 is 0 Å². The third-order valence-electron chi connectivity index (χ3n) is 15.0. The third-order valence-corrected chi connectivity index (χ3v) is 15.0. The zero-order valence-corrected chi connectivity index (χ0v) is 51.9. The molecule has 0 N–H and O–H groups in total. The molecule has 4 heterocycles. The number of rotatable bonds is 9. The molecule has 0 amide bonds. The maximum atomic E-state index is 8.42. The van der Waals surface area contributed by atoms with Gasteiger partial charge >= 0.3 is 0 Å². The zero-order chi connectivity index (χ0) is 62.2. The SMILES string of the molecule is CCC(C)(CC)c1ccc(-c2ccccc2C)[n+](C)c1.Cc1ccc(-c2ccc(CC(C)(C)C)c[n+]2C)c(C)c1.Cc1ccccc1-c1ccc(C(C)(C)C)c[n+]1C.[2H]C([2H])([2H])c1ccc(-c2ccc(C([2H])([2H])C(C)(C)C)c[n+]2C)c(C)c1. The lowest BCUT2D eigenvalue weighted by Gasteiger charge is -2.26. The first-order valence-corrected chi connectivity index (χ1v) is 28.2. The number of hydrogen-bond acceptors (Lipinski definition) is 0. The van der Waals surface area contributed by atoms with Crippen molar-refractivity contribution < 1.29 is 25.1 Å². The number of benzene rings is 4. The van der Waals surface area contributed by atoms with Crippen LogP contribution in [-0.2, 0) is 51.8 Å². The van der Waals surface area contributed by atoms with Crippen LogP contribution in [0.3, 0.4) is 0 Å². The summed E-state index contributed by atoms with van der Waals surface area (Å²) in [6.45, 7) is 34.6. The number of nitrogens with zero attached hydrogens (tertiary/aromatic N) is 4. The Morgan fingerprint density at radius 1 is 0.397 bits per heavy atom. The van der Waals surface area contributed by atoms with Crippen LogP contribution >= 0.6 is 0 Å². The fourth-order valence-corrected chi connectivity index (χ4v) is 10.1. The summed E-state index contributed by atoms with van der Waals surface area (Å²) in [6.07, 6.45) is 10.6. The summed E-state index contributed by atoms with van der Waals surface area (Å²) in [5.74, 6) is 0. The maximum absolute atomic E-state index is 8.42. The van der Waals surface area contributed by atoms with E-state index < -0.39 is 18.6 Å². The summed E-state index contributed by atoms with van der Waals surface area (Å²) >= 11 is 0. The van der Waals surface area contributed by atoms with Gasteiger partial charge in [0.25, 0.3) is 0 Å². The highest BCUT2D eigenvalue weighted by Crippen LogP contribution is 2.32. The Hall–Kier alpha value is -6.52. The molecule has 0 saturated carbocycles. The van der Waals surface area contributed by atoms with E-state index in [4.69, 9.17) is 6.85 Å². The van der Waals surface area contributed by atoms with Crippen LogP contribution in [0.1, 0.15) is 158 Å². The van der Waals surface area contributed by atoms with Crippen LogP contribution in [0.25, 0.3) is 45.0 Å². The van der Waals surface area contributed by atoms with Crippen molar-refractivity contribution in [1.82, 2.24) is 0 Å². The zero-order valence-electron chi connectivity index (χ0n) is 56.9. The first-order valence-electron chi connectivity index (χ1n) is 30.7. The summed E-state index contributed by atoms with van der Waals surface area (Å²) in [6, 6.07) is 46.2. The first kappa shape index (κ1) is 54.8. The molecule has 0 spiro atoms. The summed E-state index contributed by atoms with van der Waals surface area (Å²) in [4.78, 5) is 0. The van der Waals surface area contributed by atoms with E-state index in [9.17, 15) is 0 Å². The maximum Gasteiger partial charge on any atom is 0.212 e. The smallest absolute Gasteiger partial charge is 0.201 e. The van der Waals surface area contributed by atoms with Crippen molar-refractivity contribution in [1.29, 1.82) is 0 Å². The lowest BCUT2D eigenvalue weighted by Crippen LogP contribution is -2.34. The quantitative estimate of drug-likeness (QED) is 0.128. The van der Waals surface area contributed by atoms with Gasteiger partial charge in [0.05, 0.1) is 0 Å². The fraction of sp³-hybridized carbons (Fsp3) is 0.405. The molecule has 0 atom stereocenters. The van der Waals surface area contributed by atoms with E-state index in [1.54, 1.807) is 12.1 Å². The second-order valence-electron chi connectivity index (χ2n) is 25.4. The van der Waals surface area contributed by atoms with Gasteiger partial charge in [-0.15, -0.1) is 0 Å². The second-order valence-corrected chi connectivity index (χ2v) is 25.4. The molecule has 8 aromatic rings. The molecule has 4 heteroatoms. The predicted molar refractivity (Wildman–Crippen MR) is 334 cm³/mol. The van der Waals surface area contributed by atoms with Gasteiger partial charge in [-0.3, -0.25) is 0 Å². The Balaban J connectivity index is 0.000000204. The van der Waals surface area contributed by atoms with E-state index in [-0.39, 0.29) is 10.8 Å². The minimum Gasteiger partial charge on any atom is -0.201 e. The molecule has 4 aromatic heterocycles. The summed E-state index contributed by atoms with van der Waals surface area (Å²) in [7, 11) is 8.30. The van der Waals surface area contributed by atoms with Gasteiger partial charge in [-0.1, -0.05) is 155 Å². The Labute approximate surface area is 482 Å². The number of aryl methyl sites for hydroxylation is 10. The van der Waals surface area contributed by atoms with Gasteiger partial charge in [-0.05, 0) is 160 Å². The van der Waals surface area contributed by atoms with E-state index in [1.807, 2.05) is 63.7 Å². The van der Waals surface area contributed by atoms with Crippen LogP contribution in [0.4, 0.5) is 0 Å². The minimum atomic E-state index is -2.11. The number of pyridine rings is 4. The molecule has 0 aliphatic rings. The average Bonchev–Trinajstić information content (AvgIpc) is 2.84. The number of aromatic nitrogens is 4. The van der Waals surface area contributed by atoms with Crippen molar-refractivity contribution in [2.75, 3.05) is 0 Å². The van der Waals surface area contributed by atoms with Crippen LogP contribution in [0.15, 0.2) is 158 Å². The van der Waals surface area contributed by atoms with Crippen molar-refractivity contribution in [3.63, 3.8) is 0 Å². The normalized spacial score (nSPS) is 13.0. The minimum absolute atomic E-state index is 0.196. The summed E-state index contributed by atoms with van der Waals surface area (Å²) in [5.41, 5.74) is 21.2. The van der Waals surface area contributed by atoms with E-state index in [2.05, 4.69) is 247 Å². The Morgan fingerprint density at radius 2 is 0.782 bits per heavy atom. The first-order chi connectivity index (χ1) is 38.4. The molecule has 0 radical (unpaired) electrons. The van der Waals surface area contributed by atoms with Crippen molar-refractivity contribution >= 4 is 0 Å². The van der Waals surface area contributed by atoms with Gasteiger partial charge in [-0.25, -0.2) is 18.3 Å². The predicted octanol–water partition coefficient (Wildman–Crippen LogP) is 17.1. The molecule has 8 rings (SSSR count). The van der Waals surface area contributed by atoms with Gasteiger partial charge in [-0.2, -0.15) is 0 Å². The molecule has 4 aromatic carbocycles.